The third-order valence-electron chi connectivity index (χ3n) is 3.73. The molecule has 0 unspecified atom stereocenters. The van der Waals surface area contributed by atoms with Gasteiger partial charge in [-0.1, -0.05) is 23.7 Å². The molecule has 1 N–H and O–H groups in total. The van der Waals surface area contributed by atoms with E-state index in [1.165, 1.54) is 7.05 Å². The van der Waals surface area contributed by atoms with Crippen molar-refractivity contribution < 1.29 is 19.1 Å². The molecule has 1 aliphatic carbocycles. The van der Waals surface area contributed by atoms with Crippen LogP contribution >= 0.6 is 11.6 Å². The lowest BCUT2D eigenvalue weighted by Crippen LogP contribution is -2.44. The van der Waals surface area contributed by atoms with Crippen molar-refractivity contribution in [2.75, 3.05) is 7.05 Å². The number of hydrazine groups is 1. The van der Waals surface area contributed by atoms with Gasteiger partial charge in [-0.15, -0.1) is 0 Å². The zero-order chi connectivity index (χ0) is 19.5. The number of ether oxygens (including phenoxy) is 1. The second kappa shape index (κ2) is 7.91. The van der Waals surface area contributed by atoms with Crippen LogP contribution in [0.25, 0.3) is 0 Å². The largest absolute Gasteiger partial charge is 0.442 e. The average molecular weight is 379 g/mol. The van der Waals surface area contributed by atoms with E-state index < -0.39 is 17.5 Å². The van der Waals surface area contributed by atoms with E-state index in [1.54, 1.807) is 45.0 Å². The molecule has 2 rings (SSSR count). The summed E-state index contributed by atoms with van der Waals surface area (Å²) in [5.74, 6) is -0.707. The number of nitrogens with zero attached hydrogens (tertiary/aromatic N) is 1. The van der Waals surface area contributed by atoms with Crippen LogP contribution < -0.4 is 5.43 Å². The van der Waals surface area contributed by atoms with Gasteiger partial charge in [-0.05, 0) is 45.7 Å². The van der Waals surface area contributed by atoms with E-state index in [0.29, 0.717) is 18.5 Å². The van der Waals surface area contributed by atoms with Gasteiger partial charge in [0.2, 0.25) is 0 Å². The number of ketones is 2. The minimum absolute atomic E-state index is 0.0414. The Bertz CT molecular complexity index is 765. The Morgan fingerprint density at radius 2 is 1.85 bits per heavy atom. The third kappa shape index (κ3) is 4.85. The molecular formula is C19H23ClN2O4. The quantitative estimate of drug-likeness (QED) is 0.488. The second-order valence-corrected chi connectivity index (χ2v) is 7.50. The van der Waals surface area contributed by atoms with E-state index in [0.717, 1.165) is 5.01 Å². The van der Waals surface area contributed by atoms with Crippen LogP contribution in [0.3, 0.4) is 0 Å². The van der Waals surface area contributed by atoms with Gasteiger partial charge < -0.3 is 4.74 Å². The minimum atomic E-state index is -0.653. The van der Waals surface area contributed by atoms with Crippen LogP contribution in [0.5, 0.6) is 0 Å². The fourth-order valence-corrected chi connectivity index (χ4v) is 2.80. The monoisotopic (exact) mass is 378 g/mol. The lowest BCUT2D eigenvalue weighted by atomic mass is 9.89. The predicted octanol–water partition coefficient (Wildman–Crippen LogP) is 3.90. The van der Waals surface area contributed by atoms with Gasteiger partial charge in [-0.3, -0.25) is 15.0 Å². The standard InChI is InChI=1S/C19H23ClN2O4/c1-19(2,3)26-18(25)22(4)21-14-10-7-11-15(23)16(14)17(24)12-8-5-6-9-13(12)20/h5-6,8-9,21H,7,10-11H2,1-4H3. The maximum atomic E-state index is 12.9. The molecule has 7 heteroatoms. The van der Waals surface area contributed by atoms with Gasteiger partial charge >= 0.3 is 6.09 Å². The Kier molecular flexibility index (Phi) is 6.08. The van der Waals surface area contributed by atoms with Crippen LogP contribution in [0.4, 0.5) is 4.79 Å². The maximum absolute atomic E-state index is 12.9. The SMILES string of the molecule is CN(NC1=C(C(=O)c2ccccc2Cl)C(=O)CCC1)C(=O)OC(C)(C)C. The molecule has 0 saturated carbocycles. The van der Waals surface area contributed by atoms with Crippen LogP contribution in [0, 0.1) is 0 Å². The molecule has 0 saturated heterocycles. The summed E-state index contributed by atoms with van der Waals surface area (Å²) in [6, 6.07) is 6.58. The van der Waals surface area contributed by atoms with Crippen molar-refractivity contribution in [3.63, 3.8) is 0 Å². The summed E-state index contributed by atoms with van der Waals surface area (Å²) in [5.41, 5.74) is 2.90. The number of halogens is 1. The zero-order valence-electron chi connectivity index (χ0n) is 15.4. The summed E-state index contributed by atoms with van der Waals surface area (Å²) < 4.78 is 5.28. The van der Waals surface area contributed by atoms with Crippen molar-refractivity contribution in [2.45, 2.75) is 45.6 Å². The molecule has 6 nitrogen and oxygen atoms in total. The van der Waals surface area contributed by atoms with E-state index in [9.17, 15) is 14.4 Å². The second-order valence-electron chi connectivity index (χ2n) is 7.09. The number of benzene rings is 1. The van der Waals surface area contributed by atoms with E-state index >= 15 is 0 Å². The number of amides is 1. The van der Waals surface area contributed by atoms with Gasteiger partial charge in [0.05, 0.1) is 10.6 Å². The summed E-state index contributed by atoms with van der Waals surface area (Å²) >= 11 is 6.10. The van der Waals surface area contributed by atoms with Gasteiger partial charge in [0.15, 0.2) is 11.6 Å². The molecule has 0 fully saturated rings. The average Bonchev–Trinajstić information content (AvgIpc) is 2.53. The lowest BCUT2D eigenvalue weighted by molar-refractivity contribution is -0.115. The van der Waals surface area contributed by atoms with E-state index in [4.69, 9.17) is 16.3 Å². The van der Waals surface area contributed by atoms with Crippen molar-refractivity contribution in [3.8, 4) is 0 Å². The summed E-state index contributed by atoms with van der Waals surface area (Å²) in [7, 11) is 1.48. The van der Waals surface area contributed by atoms with Crippen LogP contribution in [0.2, 0.25) is 5.02 Å². The number of carbonyl (C=O) groups excluding carboxylic acids is 3. The first-order chi connectivity index (χ1) is 12.1. The molecule has 0 heterocycles. The molecule has 0 bridgehead atoms. The number of allylic oxidation sites excluding steroid dienone is 2. The highest BCUT2D eigenvalue weighted by molar-refractivity contribution is 6.37. The zero-order valence-corrected chi connectivity index (χ0v) is 16.1. The van der Waals surface area contributed by atoms with Crippen LogP contribution in [-0.2, 0) is 9.53 Å². The molecule has 26 heavy (non-hydrogen) atoms. The molecule has 1 aliphatic rings. The van der Waals surface area contributed by atoms with Crippen molar-refractivity contribution >= 4 is 29.3 Å². The van der Waals surface area contributed by atoms with E-state index in [1.807, 2.05) is 0 Å². The molecule has 0 radical (unpaired) electrons. The predicted molar refractivity (Wildman–Crippen MR) is 98.8 cm³/mol. The van der Waals surface area contributed by atoms with Gasteiger partial charge in [-0.2, -0.15) is 0 Å². The van der Waals surface area contributed by atoms with Crippen LogP contribution in [-0.4, -0.2) is 35.3 Å². The molecule has 1 aromatic rings. The Morgan fingerprint density at radius 3 is 2.46 bits per heavy atom. The molecule has 1 amide bonds. The third-order valence-corrected chi connectivity index (χ3v) is 4.06. The summed E-state index contributed by atoms with van der Waals surface area (Å²) in [6.45, 7) is 5.28. The smallest absolute Gasteiger partial charge is 0.428 e. The molecule has 0 aliphatic heterocycles. The maximum Gasteiger partial charge on any atom is 0.428 e. The van der Waals surface area contributed by atoms with Gasteiger partial charge in [-0.25, -0.2) is 9.80 Å². The van der Waals surface area contributed by atoms with Crippen molar-refractivity contribution in [3.05, 3.63) is 46.1 Å². The van der Waals surface area contributed by atoms with E-state index in [2.05, 4.69) is 5.43 Å². The Hall–Kier alpha value is -2.34. The number of rotatable bonds is 4. The van der Waals surface area contributed by atoms with Gasteiger partial charge in [0.25, 0.3) is 0 Å². The number of hydrogen-bond acceptors (Lipinski definition) is 5. The Balaban J connectivity index is 2.31. The van der Waals surface area contributed by atoms with Crippen LogP contribution in [0.15, 0.2) is 35.5 Å². The normalized spacial score (nSPS) is 14.9. The molecule has 0 aromatic heterocycles. The molecule has 0 spiro atoms. The van der Waals surface area contributed by atoms with E-state index in [-0.39, 0.29) is 28.4 Å². The van der Waals surface area contributed by atoms with Crippen molar-refractivity contribution in [1.82, 2.24) is 10.4 Å². The first-order valence-electron chi connectivity index (χ1n) is 8.39. The highest BCUT2D eigenvalue weighted by Gasteiger charge is 2.30. The summed E-state index contributed by atoms with van der Waals surface area (Å²) in [5, 5.41) is 1.42. The highest BCUT2D eigenvalue weighted by Crippen LogP contribution is 2.26. The molecular weight excluding hydrogens is 356 g/mol. The number of hydrogen-bond donors (Lipinski definition) is 1. The number of Topliss-reactive ketones (excluding diaryl/α,β-unsaturated/α-hetero) is 2. The highest BCUT2D eigenvalue weighted by atomic mass is 35.5. The fraction of sp³-hybridized carbons (Fsp3) is 0.421. The molecule has 1 aromatic carbocycles. The number of carbonyl (C=O) groups is 3. The van der Waals surface area contributed by atoms with Crippen molar-refractivity contribution in [1.29, 1.82) is 0 Å². The van der Waals surface area contributed by atoms with Crippen molar-refractivity contribution in [2.24, 2.45) is 0 Å². The topological polar surface area (TPSA) is 75.7 Å². The summed E-state index contributed by atoms with van der Waals surface area (Å²) in [6.07, 6.45) is 0.757. The Morgan fingerprint density at radius 1 is 1.19 bits per heavy atom. The fourth-order valence-electron chi connectivity index (χ4n) is 2.58. The Labute approximate surface area is 158 Å². The molecule has 0 atom stereocenters. The first-order valence-corrected chi connectivity index (χ1v) is 8.77. The molecule has 140 valence electrons. The summed E-state index contributed by atoms with van der Waals surface area (Å²) in [4.78, 5) is 37.4. The first kappa shape index (κ1) is 20.0. The lowest BCUT2D eigenvalue weighted by Gasteiger charge is -2.28. The minimum Gasteiger partial charge on any atom is -0.442 e. The van der Waals surface area contributed by atoms with Gasteiger partial charge in [0, 0.05) is 24.7 Å². The number of nitrogens with one attached hydrogen (secondary N) is 1. The van der Waals surface area contributed by atoms with Crippen LogP contribution in [0.1, 0.15) is 50.4 Å². The van der Waals surface area contributed by atoms with Gasteiger partial charge in [0.1, 0.15) is 5.60 Å².